The summed E-state index contributed by atoms with van der Waals surface area (Å²) in [6, 6.07) is 0.484. The normalized spacial score (nSPS) is 12.5. The Morgan fingerprint density at radius 3 is 2.12 bits per heavy atom. The second-order valence-electron chi connectivity index (χ2n) is 4.53. The van der Waals surface area contributed by atoms with Gasteiger partial charge in [-0.25, -0.2) is 0 Å². The second kappa shape index (κ2) is 9.68. The Kier molecular flexibility index (Phi) is 9.36. The van der Waals surface area contributed by atoms with Crippen LogP contribution in [0.25, 0.3) is 0 Å². The minimum absolute atomic E-state index is 0.330. The van der Waals surface area contributed by atoms with Crippen LogP contribution in [0.15, 0.2) is 0 Å². The SMILES string of the molecule is CCCCC(CCC)N(CCC)C(=O)CC. The molecule has 1 atom stereocenters. The van der Waals surface area contributed by atoms with Crippen molar-refractivity contribution >= 4 is 5.91 Å². The number of amides is 1. The third-order valence-corrected chi connectivity index (χ3v) is 3.04. The average Bonchev–Trinajstić information content (AvgIpc) is 2.31. The van der Waals surface area contributed by atoms with Crippen molar-refractivity contribution in [3.63, 3.8) is 0 Å². The molecule has 2 heteroatoms. The topological polar surface area (TPSA) is 20.3 Å². The maximum atomic E-state index is 11.9. The van der Waals surface area contributed by atoms with E-state index in [4.69, 9.17) is 0 Å². The van der Waals surface area contributed by atoms with E-state index in [1.54, 1.807) is 0 Å². The molecule has 0 saturated heterocycles. The van der Waals surface area contributed by atoms with Crippen molar-refractivity contribution in [2.45, 2.75) is 78.7 Å². The van der Waals surface area contributed by atoms with Gasteiger partial charge in [0, 0.05) is 19.0 Å². The predicted molar refractivity (Wildman–Crippen MR) is 70.5 cm³/mol. The van der Waals surface area contributed by atoms with Crippen molar-refractivity contribution in [3.8, 4) is 0 Å². The molecule has 1 unspecified atom stereocenters. The van der Waals surface area contributed by atoms with E-state index >= 15 is 0 Å². The van der Waals surface area contributed by atoms with Crippen LogP contribution in [0.5, 0.6) is 0 Å². The van der Waals surface area contributed by atoms with Crippen LogP contribution in [0.2, 0.25) is 0 Å². The van der Waals surface area contributed by atoms with Gasteiger partial charge in [0.25, 0.3) is 0 Å². The van der Waals surface area contributed by atoms with E-state index in [9.17, 15) is 4.79 Å². The number of carbonyl (C=O) groups excluding carboxylic acids is 1. The van der Waals surface area contributed by atoms with Gasteiger partial charge in [-0.1, -0.05) is 47.0 Å². The van der Waals surface area contributed by atoms with Gasteiger partial charge in [-0.3, -0.25) is 4.79 Å². The lowest BCUT2D eigenvalue weighted by atomic mass is 10.0. The van der Waals surface area contributed by atoms with Crippen LogP contribution >= 0.6 is 0 Å². The summed E-state index contributed by atoms with van der Waals surface area (Å²) >= 11 is 0. The fourth-order valence-electron chi connectivity index (χ4n) is 2.18. The lowest BCUT2D eigenvalue weighted by Crippen LogP contribution is -2.40. The van der Waals surface area contributed by atoms with Gasteiger partial charge in [0.15, 0.2) is 0 Å². The molecule has 0 fully saturated rings. The van der Waals surface area contributed by atoms with Gasteiger partial charge in [-0.05, 0) is 19.3 Å². The zero-order valence-corrected chi connectivity index (χ0v) is 11.6. The molecular weight excluding hydrogens is 198 g/mol. The highest BCUT2D eigenvalue weighted by atomic mass is 16.2. The Balaban J connectivity index is 4.43. The summed E-state index contributed by atoms with van der Waals surface area (Å²) in [5, 5.41) is 0. The van der Waals surface area contributed by atoms with Gasteiger partial charge >= 0.3 is 0 Å². The number of rotatable bonds is 9. The molecule has 0 aromatic rings. The van der Waals surface area contributed by atoms with E-state index in [0.29, 0.717) is 18.4 Å². The fourth-order valence-corrected chi connectivity index (χ4v) is 2.18. The molecule has 0 aromatic carbocycles. The van der Waals surface area contributed by atoms with E-state index in [2.05, 4.69) is 25.7 Å². The van der Waals surface area contributed by atoms with Gasteiger partial charge in [0.1, 0.15) is 0 Å². The van der Waals surface area contributed by atoms with Crippen LogP contribution in [-0.2, 0) is 4.79 Å². The minimum Gasteiger partial charge on any atom is -0.340 e. The Hall–Kier alpha value is -0.530. The molecule has 0 aromatic heterocycles. The van der Waals surface area contributed by atoms with Crippen molar-refractivity contribution < 1.29 is 4.79 Å². The monoisotopic (exact) mass is 227 g/mol. The highest BCUT2D eigenvalue weighted by Crippen LogP contribution is 2.16. The van der Waals surface area contributed by atoms with Gasteiger partial charge in [0.05, 0.1) is 0 Å². The van der Waals surface area contributed by atoms with Crippen molar-refractivity contribution in [1.82, 2.24) is 4.90 Å². The van der Waals surface area contributed by atoms with E-state index < -0.39 is 0 Å². The van der Waals surface area contributed by atoms with Crippen molar-refractivity contribution in [2.75, 3.05) is 6.54 Å². The zero-order chi connectivity index (χ0) is 12.4. The van der Waals surface area contributed by atoms with Gasteiger partial charge in [0.2, 0.25) is 5.91 Å². The Morgan fingerprint density at radius 1 is 1.00 bits per heavy atom. The number of nitrogens with zero attached hydrogens (tertiary/aromatic N) is 1. The molecule has 0 radical (unpaired) electrons. The number of carbonyl (C=O) groups is 1. The first-order chi connectivity index (χ1) is 7.71. The fraction of sp³-hybridized carbons (Fsp3) is 0.929. The Bertz CT molecular complexity index is 180. The summed E-state index contributed by atoms with van der Waals surface area (Å²) < 4.78 is 0. The lowest BCUT2D eigenvalue weighted by molar-refractivity contribution is -0.133. The average molecular weight is 227 g/mol. The summed E-state index contributed by atoms with van der Waals surface area (Å²) in [6.45, 7) is 9.47. The van der Waals surface area contributed by atoms with E-state index in [1.165, 1.54) is 25.7 Å². The van der Waals surface area contributed by atoms with Crippen LogP contribution in [0, 0.1) is 0 Å². The molecule has 0 saturated carbocycles. The summed E-state index contributed by atoms with van der Waals surface area (Å²) in [6.07, 6.45) is 7.68. The summed E-state index contributed by atoms with van der Waals surface area (Å²) in [5.41, 5.74) is 0. The summed E-state index contributed by atoms with van der Waals surface area (Å²) in [7, 11) is 0. The highest BCUT2D eigenvalue weighted by molar-refractivity contribution is 5.76. The molecule has 0 aliphatic heterocycles. The lowest BCUT2D eigenvalue weighted by Gasteiger charge is -2.31. The first-order valence-electron chi connectivity index (χ1n) is 7.00. The first kappa shape index (κ1) is 15.5. The quantitative estimate of drug-likeness (QED) is 0.583. The van der Waals surface area contributed by atoms with Gasteiger partial charge in [-0.2, -0.15) is 0 Å². The van der Waals surface area contributed by atoms with Crippen molar-refractivity contribution in [2.24, 2.45) is 0 Å². The number of unbranched alkanes of at least 4 members (excludes halogenated alkanes) is 1. The molecule has 0 bridgehead atoms. The van der Waals surface area contributed by atoms with Crippen LogP contribution in [-0.4, -0.2) is 23.4 Å². The molecule has 1 amide bonds. The molecule has 0 rings (SSSR count). The molecule has 2 nitrogen and oxygen atoms in total. The maximum absolute atomic E-state index is 11.9. The van der Waals surface area contributed by atoms with E-state index in [-0.39, 0.29) is 0 Å². The van der Waals surface area contributed by atoms with Gasteiger partial charge < -0.3 is 4.90 Å². The first-order valence-corrected chi connectivity index (χ1v) is 7.00. The minimum atomic E-state index is 0.330. The van der Waals surface area contributed by atoms with E-state index in [1.807, 2.05) is 6.92 Å². The molecule has 0 heterocycles. The Labute approximate surface area is 101 Å². The predicted octanol–water partition coefficient (Wildman–Crippen LogP) is 3.99. The number of hydrogen-bond donors (Lipinski definition) is 0. The standard InChI is InChI=1S/C14H29NO/c1-5-9-11-13(10-6-2)15(12-7-3)14(16)8-4/h13H,5-12H2,1-4H3. The largest absolute Gasteiger partial charge is 0.340 e. The van der Waals surface area contributed by atoms with E-state index in [0.717, 1.165) is 19.4 Å². The molecule has 96 valence electrons. The smallest absolute Gasteiger partial charge is 0.222 e. The molecule has 0 spiro atoms. The van der Waals surface area contributed by atoms with Crippen LogP contribution in [0.3, 0.4) is 0 Å². The zero-order valence-electron chi connectivity index (χ0n) is 11.6. The molecular formula is C14H29NO. The summed E-state index contributed by atoms with van der Waals surface area (Å²) in [5.74, 6) is 0.330. The third-order valence-electron chi connectivity index (χ3n) is 3.04. The molecule has 0 N–H and O–H groups in total. The van der Waals surface area contributed by atoms with Gasteiger partial charge in [-0.15, -0.1) is 0 Å². The summed E-state index contributed by atoms with van der Waals surface area (Å²) in [4.78, 5) is 14.0. The van der Waals surface area contributed by atoms with Crippen LogP contribution in [0.1, 0.15) is 72.6 Å². The van der Waals surface area contributed by atoms with Crippen LogP contribution in [0.4, 0.5) is 0 Å². The van der Waals surface area contributed by atoms with Crippen LogP contribution < -0.4 is 0 Å². The maximum Gasteiger partial charge on any atom is 0.222 e. The highest BCUT2D eigenvalue weighted by Gasteiger charge is 2.20. The Morgan fingerprint density at radius 2 is 1.69 bits per heavy atom. The van der Waals surface area contributed by atoms with Crippen molar-refractivity contribution in [1.29, 1.82) is 0 Å². The number of hydrogen-bond acceptors (Lipinski definition) is 1. The molecule has 0 aliphatic carbocycles. The third kappa shape index (κ3) is 5.53. The van der Waals surface area contributed by atoms with Crippen molar-refractivity contribution in [3.05, 3.63) is 0 Å². The second-order valence-corrected chi connectivity index (χ2v) is 4.53. The molecule has 0 aliphatic rings. The molecule has 16 heavy (non-hydrogen) atoms.